The van der Waals surface area contributed by atoms with Crippen LogP contribution in [0.15, 0.2) is 146 Å². The van der Waals surface area contributed by atoms with Crippen molar-refractivity contribution >= 4 is 32.3 Å². The lowest BCUT2D eigenvalue weighted by Crippen LogP contribution is -2.15. The molecule has 0 unspecified atom stereocenters. The highest BCUT2D eigenvalue weighted by Crippen LogP contribution is 2.56. The van der Waals surface area contributed by atoms with Gasteiger partial charge < -0.3 is 0 Å². The number of benzene rings is 8. The maximum Gasteiger partial charge on any atom is 0.0159 e. The van der Waals surface area contributed by atoms with Crippen molar-refractivity contribution < 1.29 is 0 Å². The van der Waals surface area contributed by atoms with Crippen LogP contribution in [0.2, 0.25) is 0 Å². The Hall–Kier alpha value is -5.46. The molecule has 0 fully saturated rings. The molecule has 0 spiro atoms. The van der Waals surface area contributed by atoms with Gasteiger partial charge in [-0.25, -0.2) is 0 Å². The molecule has 0 aromatic heterocycles. The zero-order valence-corrected chi connectivity index (χ0v) is 27.9. The van der Waals surface area contributed by atoms with E-state index in [9.17, 15) is 0 Å². The van der Waals surface area contributed by atoms with Gasteiger partial charge in [-0.3, -0.25) is 0 Å². The van der Waals surface area contributed by atoms with E-state index >= 15 is 0 Å². The number of rotatable bonds is 2. The standard InChI is InChI=1S/C48H36/c1-47(2)41-20-12-10-18-33(41)35-25-37-39(27-43(35)47)45(30-15-6-5-7-16-30)40-28-44-36(34-19-11-13-21-42(34)48(44,3)4)26-38(40)46(37)32-23-22-29-14-8-9-17-31(29)24-32/h5-28H,1-4H3. The van der Waals surface area contributed by atoms with E-state index in [1.807, 2.05) is 0 Å². The topological polar surface area (TPSA) is 0 Å². The third-order valence-corrected chi connectivity index (χ3v) is 11.6. The summed E-state index contributed by atoms with van der Waals surface area (Å²) >= 11 is 0. The molecule has 0 heteroatoms. The predicted octanol–water partition coefficient (Wildman–Crippen LogP) is 13.1. The van der Waals surface area contributed by atoms with Gasteiger partial charge in [0, 0.05) is 10.8 Å². The molecule has 2 aliphatic carbocycles. The average molecular weight is 613 g/mol. The molecular weight excluding hydrogens is 577 g/mol. The molecule has 48 heavy (non-hydrogen) atoms. The van der Waals surface area contributed by atoms with Gasteiger partial charge in [-0.1, -0.05) is 143 Å². The van der Waals surface area contributed by atoms with Gasteiger partial charge in [0.05, 0.1) is 0 Å². The molecule has 0 saturated heterocycles. The van der Waals surface area contributed by atoms with Crippen LogP contribution >= 0.6 is 0 Å². The molecule has 2 aliphatic rings. The van der Waals surface area contributed by atoms with Crippen LogP contribution in [0.5, 0.6) is 0 Å². The second-order valence-electron chi connectivity index (χ2n) is 14.9. The lowest BCUT2D eigenvalue weighted by molar-refractivity contribution is 0.661. The Morgan fingerprint density at radius 2 is 0.771 bits per heavy atom. The minimum atomic E-state index is -0.0896. The maximum atomic E-state index is 2.55. The molecule has 0 bridgehead atoms. The zero-order chi connectivity index (χ0) is 32.4. The predicted molar refractivity (Wildman–Crippen MR) is 205 cm³/mol. The number of fused-ring (bicyclic) bond motifs is 9. The van der Waals surface area contributed by atoms with Gasteiger partial charge >= 0.3 is 0 Å². The van der Waals surface area contributed by atoms with Crippen molar-refractivity contribution in [3.8, 4) is 44.5 Å². The highest BCUT2D eigenvalue weighted by Gasteiger charge is 2.38. The minimum absolute atomic E-state index is 0.0896. The van der Waals surface area contributed by atoms with E-state index in [-0.39, 0.29) is 10.8 Å². The fraction of sp³-hybridized carbons (Fsp3) is 0.125. The number of hydrogen-bond donors (Lipinski definition) is 0. The molecule has 0 amide bonds. The minimum Gasteiger partial charge on any atom is -0.0622 e. The van der Waals surface area contributed by atoms with E-state index in [0.717, 1.165) is 0 Å². The molecule has 228 valence electrons. The normalized spacial score (nSPS) is 15.0. The molecule has 10 rings (SSSR count). The van der Waals surface area contributed by atoms with Crippen LogP contribution in [0.1, 0.15) is 49.9 Å². The van der Waals surface area contributed by atoms with Crippen LogP contribution in [0.4, 0.5) is 0 Å². The van der Waals surface area contributed by atoms with E-state index in [1.54, 1.807) is 0 Å². The lowest BCUT2D eigenvalue weighted by Gasteiger charge is -2.25. The molecule has 0 atom stereocenters. The SMILES string of the molecule is CC1(C)c2ccccc2-c2cc3c(-c4ccc5ccccc5c4)c4cc5c(cc4c(-c4ccccc4)c3cc21)C(C)(C)c1ccccc1-5. The molecule has 0 nitrogen and oxygen atoms in total. The van der Waals surface area contributed by atoms with Crippen molar-refractivity contribution in [2.75, 3.05) is 0 Å². The highest BCUT2D eigenvalue weighted by atomic mass is 14.4. The molecule has 8 aromatic rings. The Kier molecular flexibility index (Phi) is 5.50. The van der Waals surface area contributed by atoms with E-state index < -0.39 is 0 Å². The lowest BCUT2D eigenvalue weighted by atomic mass is 9.78. The van der Waals surface area contributed by atoms with Gasteiger partial charge in [0.2, 0.25) is 0 Å². The van der Waals surface area contributed by atoms with E-state index in [1.165, 1.54) is 99.1 Å². The maximum absolute atomic E-state index is 2.55. The molecule has 8 aromatic carbocycles. The first-order valence-corrected chi connectivity index (χ1v) is 17.2. The van der Waals surface area contributed by atoms with E-state index in [2.05, 4.69) is 173 Å². The van der Waals surface area contributed by atoms with Crippen molar-refractivity contribution in [2.45, 2.75) is 38.5 Å². The summed E-state index contributed by atoms with van der Waals surface area (Å²) in [4.78, 5) is 0. The summed E-state index contributed by atoms with van der Waals surface area (Å²) in [5, 5.41) is 7.81. The Morgan fingerprint density at radius 1 is 0.312 bits per heavy atom. The Balaban J connectivity index is 1.44. The van der Waals surface area contributed by atoms with Crippen LogP contribution in [0.25, 0.3) is 76.8 Å². The van der Waals surface area contributed by atoms with Crippen molar-refractivity contribution in [1.82, 2.24) is 0 Å². The summed E-state index contributed by atoms with van der Waals surface area (Å²) in [5.74, 6) is 0. The van der Waals surface area contributed by atoms with Crippen LogP contribution in [0, 0.1) is 0 Å². The quantitative estimate of drug-likeness (QED) is 0.170. The van der Waals surface area contributed by atoms with Gasteiger partial charge in [-0.15, -0.1) is 0 Å². The fourth-order valence-corrected chi connectivity index (χ4v) is 9.18. The van der Waals surface area contributed by atoms with Gasteiger partial charge in [-0.2, -0.15) is 0 Å². The van der Waals surface area contributed by atoms with E-state index in [0.29, 0.717) is 0 Å². The molecule has 0 aliphatic heterocycles. The van der Waals surface area contributed by atoms with Crippen LogP contribution < -0.4 is 0 Å². The van der Waals surface area contributed by atoms with Gasteiger partial charge in [0.1, 0.15) is 0 Å². The third-order valence-electron chi connectivity index (χ3n) is 11.6. The van der Waals surface area contributed by atoms with Crippen LogP contribution in [-0.4, -0.2) is 0 Å². The summed E-state index contributed by atoms with van der Waals surface area (Å²) in [6.07, 6.45) is 0. The van der Waals surface area contributed by atoms with Crippen molar-refractivity contribution in [3.05, 3.63) is 168 Å². The summed E-state index contributed by atoms with van der Waals surface area (Å²) in [6, 6.07) is 55.1. The van der Waals surface area contributed by atoms with Gasteiger partial charge in [-0.05, 0) is 129 Å². The summed E-state index contributed by atoms with van der Waals surface area (Å²) in [7, 11) is 0. The van der Waals surface area contributed by atoms with Crippen molar-refractivity contribution in [1.29, 1.82) is 0 Å². The largest absolute Gasteiger partial charge is 0.0622 e. The van der Waals surface area contributed by atoms with Crippen molar-refractivity contribution in [2.24, 2.45) is 0 Å². The van der Waals surface area contributed by atoms with E-state index in [4.69, 9.17) is 0 Å². The molecule has 0 N–H and O–H groups in total. The third kappa shape index (κ3) is 3.61. The van der Waals surface area contributed by atoms with Crippen LogP contribution in [-0.2, 0) is 10.8 Å². The Bertz CT molecular complexity index is 2530. The Labute approximate surface area is 282 Å². The first-order chi connectivity index (χ1) is 23.3. The second kappa shape index (κ2) is 9.55. The van der Waals surface area contributed by atoms with Gasteiger partial charge in [0.15, 0.2) is 0 Å². The molecule has 0 heterocycles. The number of hydrogen-bond acceptors (Lipinski definition) is 0. The van der Waals surface area contributed by atoms with Crippen molar-refractivity contribution in [3.63, 3.8) is 0 Å². The summed E-state index contributed by atoms with van der Waals surface area (Å²) in [6.45, 7) is 9.57. The fourth-order valence-electron chi connectivity index (χ4n) is 9.18. The smallest absolute Gasteiger partial charge is 0.0159 e. The monoisotopic (exact) mass is 612 g/mol. The molecular formula is C48H36. The first-order valence-electron chi connectivity index (χ1n) is 17.2. The van der Waals surface area contributed by atoms with Gasteiger partial charge in [0.25, 0.3) is 0 Å². The summed E-state index contributed by atoms with van der Waals surface area (Å²) in [5.41, 5.74) is 16.1. The first kappa shape index (κ1) is 27.6. The zero-order valence-electron chi connectivity index (χ0n) is 27.9. The highest BCUT2D eigenvalue weighted by molar-refractivity contribution is 6.23. The average Bonchev–Trinajstić information content (AvgIpc) is 3.48. The second-order valence-corrected chi connectivity index (χ2v) is 14.9. The van der Waals surface area contributed by atoms with Crippen LogP contribution in [0.3, 0.4) is 0 Å². The Morgan fingerprint density at radius 3 is 1.35 bits per heavy atom. The molecule has 0 radical (unpaired) electrons. The summed E-state index contributed by atoms with van der Waals surface area (Å²) < 4.78 is 0. The molecule has 0 saturated carbocycles.